The van der Waals surface area contributed by atoms with Crippen LogP contribution in [0.25, 0.3) is 0 Å². The highest BCUT2D eigenvalue weighted by molar-refractivity contribution is 7.80. The zero-order valence-electron chi connectivity index (χ0n) is 16.0. The van der Waals surface area contributed by atoms with Gasteiger partial charge in [0.05, 0.1) is 6.04 Å². The second-order valence-electron chi connectivity index (χ2n) is 7.24. The maximum Gasteiger partial charge on any atom is 0.326 e. The molecule has 1 heterocycles. The van der Waals surface area contributed by atoms with E-state index >= 15 is 0 Å². The minimum absolute atomic E-state index is 0.0361. The Kier molecular flexibility index (Phi) is 9.04. The van der Waals surface area contributed by atoms with Crippen LogP contribution in [0.3, 0.4) is 0 Å². The Labute approximate surface area is 164 Å². The van der Waals surface area contributed by atoms with Gasteiger partial charge >= 0.3 is 5.97 Å². The van der Waals surface area contributed by atoms with Gasteiger partial charge in [-0.2, -0.15) is 12.6 Å². The van der Waals surface area contributed by atoms with Crippen molar-refractivity contribution in [3.63, 3.8) is 0 Å². The first kappa shape index (κ1) is 23.2. The highest BCUT2D eigenvalue weighted by Crippen LogP contribution is 2.18. The molecule has 0 unspecified atom stereocenters. The van der Waals surface area contributed by atoms with E-state index in [1.807, 2.05) is 13.8 Å². The standard InChI is InChI=1S/C17H30N4O5S/c1-9(2)7-11(18)14(22)20-12(8-27)15(23)19-10(3)16(24)21-6-4-5-13(21)17(25)26/h9-13,27H,4-8,18H2,1-3H3,(H,19,23)(H,20,22)(H,25,26)/t10-,11-,12-,13-/m0/s1. The second kappa shape index (κ2) is 10.5. The minimum atomic E-state index is -1.06. The summed E-state index contributed by atoms with van der Waals surface area (Å²) in [5, 5.41) is 14.3. The number of carbonyl (C=O) groups excluding carboxylic acids is 3. The number of nitrogens with two attached hydrogens (primary N) is 1. The molecule has 0 radical (unpaired) electrons. The summed E-state index contributed by atoms with van der Waals surface area (Å²) in [7, 11) is 0. The summed E-state index contributed by atoms with van der Waals surface area (Å²) in [4.78, 5) is 49.5. The quantitative estimate of drug-likeness (QED) is 0.325. The van der Waals surface area contributed by atoms with Crippen LogP contribution in [-0.4, -0.2) is 70.2 Å². The minimum Gasteiger partial charge on any atom is -0.480 e. The number of amides is 3. The molecule has 3 amide bonds. The lowest BCUT2D eigenvalue weighted by Gasteiger charge is -2.26. The first-order chi connectivity index (χ1) is 12.6. The normalized spacial score (nSPS) is 20.1. The molecule has 1 aliphatic heterocycles. The van der Waals surface area contributed by atoms with Gasteiger partial charge in [0.25, 0.3) is 0 Å². The lowest BCUT2D eigenvalue weighted by atomic mass is 10.0. The average molecular weight is 403 g/mol. The third kappa shape index (κ3) is 6.69. The molecule has 0 saturated carbocycles. The Hall–Kier alpha value is -1.81. The summed E-state index contributed by atoms with van der Waals surface area (Å²) in [6.45, 7) is 5.70. The van der Waals surface area contributed by atoms with E-state index < -0.39 is 47.9 Å². The number of hydrogen-bond donors (Lipinski definition) is 5. The fourth-order valence-corrected chi connectivity index (χ4v) is 3.26. The molecule has 0 bridgehead atoms. The van der Waals surface area contributed by atoms with Crippen LogP contribution in [-0.2, 0) is 19.2 Å². The van der Waals surface area contributed by atoms with Crippen molar-refractivity contribution in [3.05, 3.63) is 0 Å². The van der Waals surface area contributed by atoms with Crippen LogP contribution in [0.5, 0.6) is 0 Å². The maximum atomic E-state index is 12.5. The number of carboxylic acid groups (broad SMARTS) is 1. The molecule has 0 spiro atoms. The van der Waals surface area contributed by atoms with Gasteiger partial charge in [-0.25, -0.2) is 4.79 Å². The van der Waals surface area contributed by atoms with E-state index in [1.54, 1.807) is 0 Å². The molecule has 1 aliphatic rings. The van der Waals surface area contributed by atoms with E-state index in [4.69, 9.17) is 5.73 Å². The number of aliphatic carboxylic acids is 1. The molecular weight excluding hydrogens is 372 g/mol. The monoisotopic (exact) mass is 402 g/mol. The highest BCUT2D eigenvalue weighted by atomic mass is 32.1. The van der Waals surface area contributed by atoms with Gasteiger partial charge in [-0.05, 0) is 32.1 Å². The second-order valence-corrected chi connectivity index (χ2v) is 7.60. The number of likely N-dealkylation sites (tertiary alicyclic amines) is 1. The van der Waals surface area contributed by atoms with Crippen molar-refractivity contribution in [3.8, 4) is 0 Å². The van der Waals surface area contributed by atoms with Crippen LogP contribution >= 0.6 is 12.6 Å². The Morgan fingerprint density at radius 3 is 2.33 bits per heavy atom. The average Bonchev–Trinajstić information content (AvgIpc) is 3.07. The van der Waals surface area contributed by atoms with Gasteiger partial charge in [0.2, 0.25) is 17.7 Å². The van der Waals surface area contributed by atoms with Crippen LogP contribution in [0.15, 0.2) is 0 Å². The van der Waals surface area contributed by atoms with Crippen molar-refractivity contribution in [2.24, 2.45) is 11.7 Å². The van der Waals surface area contributed by atoms with Gasteiger partial charge in [0.15, 0.2) is 0 Å². The van der Waals surface area contributed by atoms with E-state index in [0.717, 1.165) is 0 Å². The van der Waals surface area contributed by atoms with Crippen LogP contribution in [0, 0.1) is 5.92 Å². The molecule has 0 aliphatic carbocycles. The molecule has 0 aromatic heterocycles. The van der Waals surface area contributed by atoms with E-state index in [-0.39, 0.29) is 11.7 Å². The summed E-state index contributed by atoms with van der Waals surface area (Å²) in [5.41, 5.74) is 5.81. The molecule has 5 N–H and O–H groups in total. The van der Waals surface area contributed by atoms with Crippen molar-refractivity contribution in [2.45, 2.75) is 64.2 Å². The molecule has 9 nitrogen and oxygen atoms in total. The van der Waals surface area contributed by atoms with Crippen molar-refractivity contribution in [1.29, 1.82) is 0 Å². The molecule has 154 valence electrons. The molecule has 1 saturated heterocycles. The van der Waals surface area contributed by atoms with Gasteiger partial charge in [-0.15, -0.1) is 0 Å². The third-order valence-electron chi connectivity index (χ3n) is 4.43. The first-order valence-electron chi connectivity index (χ1n) is 9.08. The number of thiol groups is 1. The molecule has 1 fully saturated rings. The number of rotatable bonds is 9. The Morgan fingerprint density at radius 1 is 1.19 bits per heavy atom. The fourth-order valence-electron chi connectivity index (χ4n) is 3.00. The largest absolute Gasteiger partial charge is 0.480 e. The van der Waals surface area contributed by atoms with Crippen molar-refractivity contribution in [2.75, 3.05) is 12.3 Å². The van der Waals surface area contributed by atoms with Crippen molar-refractivity contribution < 1.29 is 24.3 Å². The molecule has 10 heteroatoms. The number of hydrogen-bond acceptors (Lipinski definition) is 6. The van der Waals surface area contributed by atoms with Crippen LogP contribution in [0.1, 0.15) is 40.0 Å². The molecule has 1 rings (SSSR count). The van der Waals surface area contributed by atoms with Gasteiger partial charge < -0.3 is 26.4 Å². The Bertz CT molecular complexity index is 572. The van der Waals surface area contributed by atoms with Crippen molar-refractivity contribution >= 4 is 36.3 Å². The van der Waals surface area contributed by atoms with Gasteiger partial charge in [0.1, 0.15) is 18.1 Å². The summed E-state index contributed by atoms with van der Waals surface area (Å²) in [5.74, 6) is -2.28. The van der Waals surface area contributed by atoms with Crippen LogP contribution < -0.4 is 16.4 Å². The molecule has 0 aromatic rings. The molecule has 4 atom stereocenters. The van der Waals surface area contributed by atoms with E-state index in [1.165, 1.54) is 11.8 Å². The number of carboxylic acids is 1. The summed E-state index contributed by atoms with van der Waals surface area (Å²) in [6.07, 6.45) is 1.48. The summed E-state index contributed by atoms with van der Waals surface area (Å²) < 4.78 is 0. The summed E-state index contributed by atoms with van der Waals surface area (Å²) >= 11 is 4.08. The van der Waals surface area contributed by atoms with E-state index in [9.17, 15) is 24.3 Å². The van der Waals surface area contributed by atoms with E-state index in [2.05, 4.69) is 23.3 Å². The molecule has 0 aromatic carbocycles. The van der Waals surface area contributed by atoms with Gasteiger partial charge in [-0.1, -0.05) is 13.8 Å². The van der Waals surface area contributed by atoms with Gasteiger partial charge in [-0.3, -0.25) is 14.4 Å². The van der Waals surface area contributed by atoms with E-state index in [0.29, 0.717) is 25.8 Å². The smallest absolute Gasteiger partial charge is 0.326 e. The number of carbonyl (C=O) groups is 4. The zero-order chi connectivity index (χ0) is 20.7. The molecular formula is C17H30N4O5S. The summed E-state index contributed by atoms with van der Waals surface area (Å²) in [6, 6.07) is -3.46. The Balaban J connectivity index is 2.64. The SMILES string of the molecule is CC(C)C[C@H](N)C(=O)N[C@@H](CS)C(=O)N[C@@H](C)C(=O)N1CCC[C@H]1C(=O)O. The van der Waals surface area contributed by atoms with Crippen LogP contribution in [0.2, 0.25) is 0 Å². The topological polar surface area (TPSA) is 142 Å². The van der Waals surface area contributed by atoms with Crippen LogP contribution in [0.4, 0.5) is 0 Å². The number of nitrogens with one attached hydrogen (secondary N) is 2. The van der Waals surface area contributed by atoms with Crippen molar-refractivity contribution in [1.82, 2.24) is 15.5 Å². The Morgan fingerprint density at radius 2 is 1.81 bits per heavy atom. The lowest BCUT2D eigenvalue weighted by Crippen LogP contribution is -2.57. The number of nitrogens with zero attached hydrogens (tertiary/aromatic N) is 1. The highest BCUT2D eigenvalue weighted by Gasteiger charge is 2.36. The first-order valence-corrected chi connectivity index (χ1v) is 9.72. The zero-order valence-corrected chi connectivity index (χ0v) is 16.9. The lowest BCUT2D eigenvalue weighted by molar-refractivity contribution is -0.149. The van der Waals surface area contributed by atoms with Gasteiger partial charge in [0, 0.05) is 12.3 Å². The fraction of sp³-hybridized carbons (Fsp3) is 0.765. The molecule has 27 heavy (non-hydrogen) atoms. The predicted octanol–water partition coefficient (Wildman–Crippen LogP) is -0.645. The maximum absolute atomic E-state index is 12.5. The third-order valence-corrected chi connectivity index (χ3v) is 4.79. The predicted molar refractivity (Wildman–Crippen MR) is 103 cm³/mol.